The van der Waals surface area contributed by atoms with Gasteiger partial charge in [0.2, 0.25) is 0 Å². The lowest BCUT2D eigenvalue weighted by molar-refractivity contribution is 0.0991. The SMILES string of the molecule is CN(C(=O)c1ccc(NC(=O)c2ccccc2-c2ccccc2)cc1)c1ccccc1N1CCNCC1. The van der Waals surface area contributed by atoms with Gasteiger partial charge < -0.3 is 20.4 Å². The van der Waals surface area contributed by atoms with E-state index in [9.17, 15) is 9.59 Å². The summed E-state index contributed by atoms with van der Waals surface area (Å²) in [4.78, 5) is 30.5. The molecule has 5 rings (SSSR count). The molecular formula is C31H30N4O2. The van der Waals surface area contributed by atoms with Crippen molar-refractivity contribution in [2.75, 3.05) is 48.3 Å². The van der Waals surface area contributed by atoms with Crippen molar-refractivity contribution in [1.29, 1.82) is 0 Å². The minimum atomic E-state index is -0.194. The van der Waals surface area contributed by atoms with Gasteiger partial charge in [0.25, 0.3) is 11.8 Å². The van der Waals surface area contributed by atoms with E-state index in [1.807, 2.05) is 72.8 Å². The number of hydrogen-bond donors (Lipinski definition) is 2. The van der Waals surface area contributed by atoms with Gasteiger partial charge in [-0.15, -0.1) is 0 Å². The third-order valence-electron chi connectivity index (χ3n) is 6.65. The maximum Gasteiger partial charge on any atom is 0.258 e. The second-order valence-corrected chi connectivity index (χ2v) is 9.03. The van der Waals surface area contributed by atoms with Crippen LogP contribution in [-0.2, 0) is 0 Å². The maximum atomic E-state index is 13.3. The summed E-state index contributed by atoms with van der Waals surface area (Å²) in [5.41, 5.74) is 5.58. The summed E-state index contributed by atoms with van der Waals surface area (Å²) in [7, 11) is 1.81. The summed E-state index contributed by atoms with van der Waals surface area (Å²) in [6, 6.07) is 32.5. The molecule has 0 atom stereocenters. The van der Waals surface area contributed by atoms with Crippen LogP contribution in [0.25, 0.3) is 11.1 Å². The summed E-state index contributed by atoms with van der Waals surface area (Å²) < 4.78 is 0. The van der Waals surface area contributed by atoms with Crippen LogP contribution in [-0.4, -0.2) is 45.0 Å². The first-order valence-electron chi connectivity index (χ1n) is 12.5. The molecular weight excluding hydrogens is 460 g/mol. The van der Waals surface area contributed by atoms with E-state index in [0.717, 1.165) is 48.7 Å². The molecule has 2 N–H and O–H groups in total. The van der Waals surface area contributed by atoms with Crippen LogP contribution < -0.4 is 20.4 Å². The largest absolute Gasteiger partial charge is 0.367 e. The Morgan fingerprint density at radius 3 is 2.19 bits per heavy atom. The van der Waals surface area contributed by atoms with Crippen molar-refractivity contribution in [3.05, 3.63) is 114 Å². The van der Waals surface area contributed by atoms with Crippen molar-refractivity contribution in [2.24, 2.45) is 0 Å². The smallest absolute Gasteiger partial charge is 0.258 e. The number of hydrogen-bond acceptors (Lipinski definition) is 4. The van der Waals surface area contributed by atoms with Crippen molar-refractivity contribution in [3.63, 3.8) is 0 Å². The lowest BCUT2D eigenvalue weighted by Crippen LogP contribution is -2.44. The van der Waals surface area contributed by atoms with Gasteiger partial charge in [0.15, 0.2) is 0 Å². The number of benzene rings is 4. The van der Waals surface area contributed by atoms with Gasteiger partial charge in [-0.1, -0.05) is 60.7 Å². The Bertz CT molecular complexity index is 1380. The van der Waals surface area contributed by atoms with E-state index in [4.69, 9.17) is 0 Å². The summed E-state index contributed by atoms with van der Waals surface area (Å²) in [5, 5.41) is 6.34. The van der Waals surface area contributed by atoms with E-state index in [1.165, 1.54) is 0 Å². The van der Waals surface area contributed by atoms with E-state index in [-0.39, 0.29) is 11.8 Å². The molecule has 1 fully saturated rings. The van der Waals surface area contributed by atoms with Crippen LogP contribution in [0.15, 0.2) is 103 Å². The summed E-state index contributed by atoms with van der Waals surface area (Å²) >= 11 is 0. The van der Waals surface area contributed by atoms with E-state index in [0.29, 0.717) is 16.8 Å². The highest BCUT2D eigenvalue weighted by atomic mass is 16.2. The standard InChI is InChI=1S/C31H30N4O2/c1-34(28-13-7-8-14-29(28)35-21-19-32-20-22-35)31(37)24-15-17-25(18-16-24)33-30(36)27-12-6-5-11-26(27)23-9-3-2-4-10-23/h2-18,32H,19-22H2,1H3,(H,33,36). The highest BCUT2D eigenvalue weighted by molar-refractivity contribution is 6.10. The number of carbonyl (C=O) groups is 2. The zero-order valence-electron chi connectivity index (χ0n) is 20.9. The van der Waals surface area contributed by atoms with Crippen LogP contribution in [0.4, 0.5) is 17.1 Å². The molecule has 0 unspecified atom stereocenters. The Balaban J connectivity index is 1.31. The van der Waals surface area contributed by atoms with Crippen LogP contribution in [0.1, 0.15) is 20.7 Å². The second-order valence-electron chi connectivity index (χ2n) is 9.03. The van der Waals surface area contributed by atoms with Crippen LogP contribution in [0.5, 0.6) is 0 Å². The van der Waals surface area contributed by atoms with Gasteiger partial charge >= 0.3 is 0 Å². The monoisotopic (exact) mass is 490 g/mol. The van der Waals surface area contributed by atoms with E-state index < -0.39 is 0 Å². The van der Waals surface area contributed by atoms with Gasteiger partial charge in [0.05, 0.1) is 11.4 Å². The Morgan fingerprint density at radius 1 is 0.784 bits per heavy atom. The zero-order valence-corrected chi connectivity index (χ0v) is 20.9. The molecule has 4 aromatic rings. The van der Waals surface area contributed by atoms with Crippen LogP contribution in [0.2, 0.25) is 0 Å². The Kier molecular flexibility index (Phi) is 7.28. The maximum absolute atomic E-state index is 13.3. The van der Waals surface area contributed by atoms with Crippen LogP contribution in [0, 0.1) is 0 Å². The first-order chi connectivity index (χ1) is 18.1. The summed E-state index contributed by atoms with van der Waals surface area (Å²) in [6.07, 6.45) is 0. The molecule has 37 heavy (non-hydrogen) atoms. The number of nitrogens with one attached hydrogen (secondary N) is 2. The van der Waals surface area contributed by atoms with Crippen LogP contribution in [0.3, 0.4) is 0 Å². The van der Waals surface area contributed by atoms with E-state index >= 15 is 0 Å². The molecule has 2 amide bonds. The molecule has 6 heteroatoms. The molecule has 1 aliphatic rings. The molecule has 0 radical (unpaired) electrons. The minimum absolute atomic E-state index is 0.102. The van der Waals surface area contributed by atoms with Gasteiger partial charge in [0.1, 0.15) is 0 Å². The molecule has 0 spiro atoms. The van der Waals surface area contributed by atoms with Crippen molar-refractivity contribution >= 4 is 28.9 Å². The van der Waals surface area contributed by atoms with E-state index in [1.54, 1.807) is 36.2 Å². The molecule has 186 valence electrons. The molecule has 4 aromatic carbocycles. The first kappa shape index (κ1) is 24.3. The van der Waals surface area contributed by atoms with Gasteiger partial charge in [-0.3, -0.25) is 9.59 Å². The predicted octanol–water partition coefficient (Wildman–Crippen LogP) is 5.29. The second kappa shape index (κ2) is 11.1. The number of rotatable bonds is 6. The van der Waals surface area contributed by atoms with Crippen molar-refractivity contribution in [3.8, 4) is 11.1 Å². The number of anilines is 3. The number of carbonyl (C=O) groups excluding carboxylic acids is 2. The van der Waals surface area contributed by atoms with Crippen molar-refractivity contribution in [2.45, 2.75) is 0 Å². The Morgan fingerprint density at radius 2 is 1.43 bits per heavy atom. The fourth-order valence-corrected chi connectivity index (χ4v) is 4.67. The van der Waals surface area contributed by atoms with Gasteiger partial charge in [-0.05, 0) is 53.6 Å². The van der Waals surface area contributed by atoms with Crippen molar-refractivity contribution in [1.82, 2.24) is 5.32 Å². The molecule has 0 aromatic heterocycles. The minimum Gasteiger partial charge on any atom is -0.367 e. The fraction of sp³-hybridized carbons (Fsp3) is 0.161. The highest BCUT2D eigenvalue weighted by Gasteiger charge is 2.20. The van der Waals surface area contributed by atoms with E-state index in [2.05, 4.69) is 21.6 Å². The molecule has 0 saturated carbocycles. The Labute approximate surface area is 217 Å². The Hall–Kier alpha value is -4.42. The third-order valence-corrected chi connectivity index (χ3v) is 6.65. The molecule has 0 aliphatic carbocycles. The predicted molar refractivity (Wildman–Crippen MR) is 151 cm³/mol. The molecule has 6 nitrogen and oxygen atoms in total. The molecule has 1 heterocycles. The topological polar surface area (TPSA) is 64.7 Å². The average Bonchev–Trinajstić information content (AvgIpc) is 2.97. The van der Waals surface area contributed by atoms with Crippen LogP contribution >= 0.6 is 0 Å². The summed E-state index contributed by atoms with van der Waals surface area (Å²) in [6.45, 7) is 3.66. The average molecular weight is 491 g/mol. The molecule has 1 aliphatic heterocycles. The van der Waals surface area contributed by atoms with Gasteiger partial charge in [-0.25, -0.2) is 0 Å². The van der Waals surface area contributed by atoms with Gasteiger partial charge in [-0.2, -0.15) is 0 Å². The molecule has 1 saturated heterocycles. The van der Waals surface area contributed by atoms with Crippen molar-refractivity contribution < 1.29 is 9.59 Å². The zero-order chi connectivity index (χ0) is 25.6. The number of para-hydroxylation sites is 2. The lowest BCUT2D eigenvalue weighted by Gasteiger charge is -2.33. The third kappa shape index (κ3) is 5.39. The lowest BCUT2D eigenvalue weighted by atomic mass is 9.99. The normalized spacial score (nSPS) is 13.2. The number of amides is 2. The number of piperazine rings is 1. The quantitative estimate of drug-likeness (QED) is 0.385. The molecule has 0 bridgehead atoms. The number of nitrogens with zero attached hydrogens (tertiary/aromatic N) is 2. The summed E-state index contributed by atoms with van der Waals surface area (Å²) in [5.74, 6) is -0.296. The fourth-order valence-electron chi connectivity index (χ4n) is 4.67. The highest BCUT2D eigenvalue weighted by Crippen LogP contribution is 2.30. The first-order valence-corrected chi connectivity index (χ1v) is 12.5. The van der Waals surface area contributed by atoms with Gasteiger partial charge in [0, 0.05) is 50.0 Å².